The third kappa shape index (κ3) is 3.24. The molecule has 23 heavy (non-hydrogen) atoms. The summed E-state index contributed by atoms with van der Waals surface area (Å²) in [6.45, 7) is 0.759. The fourth-order valence-corrected chi connectivity index (χ4v) is 2.99. The number of benzene rings is 1. The number of hydrogen-bond donors (Lipinski definition) is 0. The number of ether oxygens (including phenoxy) is 1. The highest BCUT2D eigenvalue weighted by atomic mass is 35.5. The highest BCUT2D eigenvalue weighted by molar-refractivity contribution is 6.36. The Bertz CT molecular complexity index is 818. The summed E-state index contributed by atoms with van der Waals surface area (Å²) in [7, 11) is 0. The van der Waals surface area contributed by atoms with Crippen LogP contribution in [0.4, 0.5) is 0 Å². The van der Waals surface area contributed by atoms with Crippen LogP contribution in [0.1, 0.15) is 26.1 Å². The largest absolute Gasteiger partial charge is 0.479 e. The van der Waals surface area contributed by atoms with E-state index in [0.29, 0.717) is 28.0 Å². The minimum Gasteiger partial charge on any atom is -0.479 e. The van der Waals surface area contributed by atoms with Crippen LogP contribution < -0.4 is 10.4 Å². The summed E-state index contributed by atoms with van der Waals surface area (Å²) >= 11 is 12.3. The van der Waals surface area contributed by atoms with E-state index in [4.69, 9.17) is 34.4 Å². The summed E-state index contributed by atoms with van der Waals surface area (Å²) in [5.74, 6) is 3.51. The van der Waals surface area contributed by atoms with Crippen LogP contribution in [0, 0.1) is 12.3 Å². The first kappa shape index (κ1) is 17.5. The lowest BCUT2D eigenvalue weighted by atomic mass is 10.2. The smallest absolute Gasteiger partial charge is 0.350 e. The van der Waals surface area contributed by atoms with Gasteiger partial charge in [-0.25, -0.2) is 4.79 Å². The Labute approximate surface area is 144 Å². The predicted octanol–water partition coefficient (Wildman–Crippen LogP) is 3.33. The summed E-state index contributed by atoms with van der Waals surface area (Å²) in [4.78, 5) is 12.5. The van der Waals surface area contributed by atoms with Gasteiger partial charge < -0.3 is 4.74 Å². The normalized spacial score (nSPS) is 12.9. The number of terminal acetylenes is 1. The molecule has 0 radical (unpaired) electrons. The highest BCUT2D eigenvalue weighted by Crippen LogP contribution is 2.32. The van der Waals surface area contributed by atoms with Crippen molar-refractivity contribution in [3.8, 4) is 23.8 Å². The molecule has 0 N–H and O–H groups in total. The standard InChI is InChI=1S/C15H13Cl2N3O2.CH4/c1-2-7-22-13-9-12(10(16)8-11(13)17)20-15(21)19-6-4-3-5-14(19)18-20;/h1,8-9H,3-7H2;1H4. The first-order valence-electron chi connectivity index (χ1n) is 6.86. The quantitative estimate of drug-likeness (QED) is 0.795. The monoisotopic (exact) mass is 353 g/mol. The fourth-order valence-electron chi connectivity index (χ4n) is 2.47. The molecule has 1 aromatic carbocycles. The van der Waals surface area contributed by atoms with Crippen LogP contribution >= 0.6 is 23.2 Å². The topological polar surface area (TPSA) is 49.0 Å². The van der Waals surface area contributed by atoms with Gasteiger partial charge in [0.15, 0.2) is 0 Å². The molecule has 1 aliphatic rings. The molecule has 0 saturated carbocycles. The van der Waals surface area contributed by atoms with Gasteiger partial charge in [-0.2, -0.15) is 4.68 Å². The number of rotatable bonds is 3. The van der Waals surface area contributed by atoms with Crippen molar-refractivity contribution in [2.45, 2.75) is 33.2 Å². The number of nitrogens with zero attached hydrogens (tertiary/aromatic N) is 3. The SMILES string of the molecule is C.C#CCOc1cc(-n2nc3n(c2=O)CCCC3)c(Cl)cc1Cl. The molecule has 1 aromatic heterocycles. The Kier molecular flexibility index (Phi) is 5.40. The lowest BCUT2D eigenvalue weighted by Crippen LogP contribution is -2.26. The zero-order valence-electron chi connectivity index (χ0n) is 11.7. The number of fused-ring (bicyclic) bond motifs is 1. The third-order valence-corrected chi connectivity index (χ3v) is 4.11. The maximum atomic E-state index is 12.5. The maximum Gasteiger partial charge on any atom is 0.350 e. The third-order valence-electron chi connectivity index (χ3n) is 3.51. The van der Waals surface area contributed by atoms with E-state index in [1.165, 1.54) is 10.7 Å². The molecule has 0 bridgehead atoms. The Hall–Kier alpha value is -1.90. The number of aryl methyl sites for hydroxylation is 1. The predicted molar refractivity (Wildman–Crippen MR) is 91.8 cm³/mol. The highest BCUT2D eigenvalue weighted by Gasteiger charge is 2.20. The summed E-state index contributed by atoms with van der Waals surface area (Å²) in [5, 5.41) is 5.04. The summed E-state index contributed by atoms with van der Waals surface area (Å²) < 4.78 is 8.34. The average molecular weight is 354 g/mol. The molecule has 0 saturated heterocycles. The van der Waals surface area contributed by atoms with Crippen LogP contribution in [0.25, 0.3) is 5.69 Å². The number of halogens is 2. The van der Waals surface area contributed by atoms with Gasteiger partial charge in [0.25, 0.3) is 0 Å². The van der Waals surface area contributed by atoms with Crippen LogP contribution in [0.2, 0.25) is 10.0 Å². The van der Waals surface area contributed by atoms with Crippen molar-refractivity contribution in [3.63, 3.8) is 0 Å². The van der Waals surface area contributed by atoms with Crippen molar-refractivity contribution in [2.24, 2.45) is 0 Å². The average Bonchev–Trinajstić information content (AvgIpc) is 2.84. The Balaban J connectivity index is 0.00000192. The summed E-state index contributed by atoms with van der Waals surface area (Å²) in [5.41, 5.74) is 0.229. The lowest BCUT2D eigenvalue weighted by Gasteiger charge is -2.09. The second-order valence-electron chi connectivity index (χ2n) is 4.95. The first-order chi connectivity index (χ1) is 10.6. The van der Waals surface area contributed by atoms with Gasteiger partial charge >= 0.3 is 5.69 Å². The van der Waals surface area contributed by atoms with E-state index >= 15 is 0 Å². The van der Waals surface area contributed by atoms with E-state index in [0.717, 1.165) is 25.1 Å². The minimum atomic E-state index is -0.207. The van der Waals surface area contributed by atoms with Crippen molar-refractivity contribution in [1.82, 2.24) is 14.3 Å². The molecule has 2 heterocycles. The van der Waals surface area contributed by atoms with Crippen molar-refractivity contribution in [2.75, 3.05) is 6.61 Å². The van der Waals surface area contributed by atoms with Crippen molar-refractivity contribution in [1.29, 1.82) is 0 Å². The Morgan fingerprint density at radius 2 is 2.09 bits per heavy atom. The molecule has 0 amide bonds. The first-order valence-corrected chi connectivity index (χ1v) is 7.62. The van der Waals surface area contributed by atoms with Crippen molar-refractivity contribution >= 4 is 23.2 Å². The van der Waals surface area contributed by atoms with Crippen LogP contribution in [-0.2, 0) is 13.0 Å². The van der Waals surface area contributed by atoms with Gasteiger partial charge in [-0.1, -0.05) is 36.5 Å². The molecular weight excluding hydrogens is 337 g/mol. The van der Waals surface area contributed by atoms with Gasteiger partial charge in [-0.05, 0) is 18.9 Å². The van der Waals surface area contributed by atoms with E-state index in [-0.39, 0.29) is 19.7 Å². The van der Waals surface area contributed by atoms with Gasteiger partial charge in [0.2, 0.25) is 0 Å². The molecule has 0 unspecified atom stereocenters. The van der Waals surface area contributed by atoms with Crippen LogP contribution in [-0.4, -0.2) is 21.0 Å². The molecule has 7 heteroatoms. The molecular formula is C16H17Cl2N3O2. The summed E-state index contributed by atoms with van der Waals surface area (Å²) in [6, 6.07) is 3.11. The summed E-state index contributed by atoms with van der Waals surface area (Å²) in [6.07, 6.45) is 7.97. The number of aromatic nitrogens is 3. The van der Waals surface area contributed by atoms with Crippen LogP contribution in [0.15, 0.2) is 16.9 Å². The maximum absolute atomic E-state index is 12.5. The van der Waals surface area contributed by atoms with Crippen LogP contribution in [0.5, 0.6) is 5.75 Å². The molecule has 122 valence electrons. The second-order valence-corrected chi connectivity index (χ2v) is 5.76. The molecule has 2 aromatic rings. The molecule has 0 aliphatic carbocycles. The zero-order valence-corrected chi connectivity index (χ0v) is 13.2. The fraction of sp³-hybridized carbons (Fsp3) is 0.375. The van der Waals surface area contributed by atoms with Crippen molar-refractivity contribution in [3.05, 3.63) is 38.5 Å². The van der Waals surface area contributed by atoms with Gasteiger partial charge in [0.05, 0.1) is 15.7 Å². The minimum absolute atomic E-state index is 0. The van der Waals surface area contributed by atoms with Gasteiger partial charge in [-0.15, -0.1) is 11.5 Å². The van der Waals surface area contributed by atoms with Gasteiger partial charge in [-0.3, -0.25) is 4.57 Å². The molecule has 0 spiro atoms. The van der Waals surface area contributed by atoms with Gasteiger partial charge in [0, 0.05) is 19.0 Å². The number of hydrogen-bond acceptors (Lipinski definition) is 3. The Morgan fingerprint density at radius 1 is 1.30 bits per heavy atom. The van der Waals surface area contributed by atoms with E-state index < -0.39 is 0 Å². The van der Waals surface area contributed by atoms with Crippen molar-refractivity contribution < 1.29 is 4.74 Å². The van der Waals surface area contributed by atoms with Crippen LogP contribution in [0.3, 0.4) is 0 Å². The molecule has 0 fully saturated rings. The lowest BCUT2D eigenvalue weighted by molar-refractivity contribution is 0.370. The van der Waals surface area contributed by atoms with E-state index in [9.17, 15) is 4.79 Å². The van der Waals surface area contributed by atoms with E-state index in [2.05, 4.69) is 11.0 Å². The molecule has 5 nitrogen and oxygen atoms in total. The molecule has 1 aliphatic heterocycles. The second kappa shape index (κ2) is 7.12. The van der Waals surface area contributed by atoms with Gasteiger partial charge in [0.1, 0.15) is 18.2 Å². The Morgan fingerprint density at radius 3 is 2.78 bits per heavy atom. The van der Waals surface area contributed by atoms with E-state index in [1.807, 2.05) is 0 Å². The zero-order chi connectivity index (χ0) is 15.7. The molecule has 0 atom stereocenters. The molecule has 3 rings (SSSR count). The van der Waals surface area contributed by atoms with E-state index in [1.54, 1.807) is 10.6 Å².